The average molecular weight is 198 g/mol. The molecule has 1 heterocycles. The van der Waals surface area contributed by atoms with E-state index in [4.69, 9.17) is 0 Å². The molecular formula is C12H22S. The van der Waals surface area contributed by atoms with Gasteiger partial charge in [-0.2, -0.15) is 11.8 Å². The lowest BCUT2D eigenvalue weighted by molar-refractivity contribution is 0.179. The fraction of sp³-hybridized carbons (Fsp3) is 1.00. The van der Waals surface area contributed by atoms with Crippen molar-refractivity contribution in [2.24, 2.45) is 17.3 Å². The van der Waals surface area contributed by atoms with Gasteiger partial charge in [-0.1, -0.05) is 33.1 Å². The molecule has 0 radical (unpaired) electrons. The summed E-state index contributed by atoms with van der Waals surface area (Å²) in [5.41, 5.74) is 0.750. The van der Waals surface area contributed by atoms with Crippen molar-refractivity contribution in [3.05, 3.63) is 0 Å². The Bertz CT molecular complexity index is 166. The molecule has 0 N–H and O–H groups in total. The second-order valence-electron chi connectivity index (χ2n) is 5.35. The summed E-state index contributed by atoms with van der Waals surface area (Å²) in [5.74, 6) is 4.91. The molecule has 13 heavy (non-hydrogen) atoms. The summed E-state index contributed by atoms with van der Waals surface area (Å²) < 4.78 is 0. The molecule has 76 valence electrons. The molecule has 0 atom stereocenters. The lowest BCUT2D eigenvalue weighted by atomic mass is 9.72. The van der Waals surface area contributed by atoms with Crippen LogP contribution in [0.25, 0.3) is 0 Å². The highest BCUT2D eigenvalue weighted by molar-refractivity contribution is 8.00. The minimum Gasteiger partial charge on any atom is -0.161 e. The molecule has 1 saturated heterocycles. The van der Waals surface area contributed by atoms with Crippen LogP contribution in [0.15, 0.2) is 0 Å². The topological polar surface area (TPSA) is 0 Å². The molecule has 0 spiro atoms. The van der Waals surface area contributed by atoms with Crippen LogP contribution in [-0.4, -0.2) is 11.5 Å². The van der Waals surface area contributed by atoms with E-state index >= 15 is 0 Å². The molecule has 0 aromatic heterocycles. The van der Waals surface area contributed by atoms with Crippen molar-refractivity contribution in [2.75, 3.05) is 11.5 Å². The van der Waals surface area contributed by atoms with Crippen LogP contribution in [0, 0.1) is 17.3 Å². The maximum absolute atomic E-state index is 2.42. The van der Waals surface area contributed by atoms with Crippen LogP contribution in [0.1, 0.15) is 46.0 Å². The SMILES string of the molecule is CC(C)C1(CCC2CCC2)CSC1. The Balaban J connectivity index is 1.76. The summed E-state index contributed by atoms with van der Waals surface area (Å²) in [6.07, 6.45) is 7.61. The summed E-state index contributed by atoms with van der Waals surface area (Å²) in [6.45, 7) is 4.83. The van der Waals surface area contributed by atoms with Crippen molar-refractivity contribution in [1.29, 1.82) is 0 Å². The number of rotatable bonds is 4. The van der Waals surface area contributed by atoms with E-state index in [0.717, 1.165) is 17.3 Å². The van der Waals surface area contributed by atoms with Crippen molar-refractivity contribution in [1.82, 2.24) is 0 Å². The maximum atomic E-state index is 2.42. The number of hydrogen-bond acceptors (Lipinski definition) is 1. The molecule has 1 saturated carbocycles. The summed E-state index contributed by atoms with van der Waals surface area (Å²) in [6, 6.07) is 0. The Morgan fingerprint density at radius 2 is 2.00 bits per heavy atom. The van der Waals surface area contributed by atoms with E-state index in [0.29, 0.717) is 0 Å². The molecule has 1 aliphatic heterocycles. The second kappa shape index (κ2) is 3.84. The largest absolute Gasteiger partial charge is 0.161 e. The molecular weight excluding hydrogens is 176 g/mol. The third-order valence-electron chi connectivity index (χ3n) is 4.28. The van der Waals surface area contributed by atoms with Gasteiger partial charge in [0.2, 0.25) is 0 Å². The normalized spacial score (nSPS) is 27.0. The second-order valence-corrected chi connectivity index (χ2v) is 6.33. The minimum absolute atomic E-state index is 0.750. The van der Waals surface area contributed by atoms with E-state index in [1.54, 1.807) is 0 Å². The van der Waals surface area contributed by atoms with Crippen LogP contribution in [-0.2, 0) is 0 Å². The van der Waals surface area contributed by atoms with Crippen molar-refractivity contribution >= 4 is 11.8 Å². The van der Waals surface area contributed by atoms with Gasteiger partial charge in [-0.3, -0.25) is 0 Å². The third kappa shape index (κ3) is 1.91. The highest BCUT2D eigenvalue weighted by Gasteiger charge is 2.40. The molecule has 2 aliphatic rings. The van der Waals surface area contributed by atoms with E-state index in [2.05, 4.69) is 25.6 Å². The first kappa shape index (κ1) is 9.89. The Kier molecular flexibility index (Phi) is 2.92. The lowest BCUT2D eigenvalue weighted by Crippen LogP contribution is -2.41. The summed E-state index contributed by atoms with van der Waals surface area (Å²) in [5, 5.41) is 0. The highest BCUT2D eigenvalue weighted by Crippen LogP contribution is 2.49. The van der Waals surface area contributed by atoms with Gasteiger partial charge in [-0.15, -0.1) is 0 Å². The maximum Gasteiger partial charge on any atom is -0.0000232 e. The molecule has 1 heteroatoms. The van der Waals surface area contributed by atoms with Crippen molar-refractivity contribution in [3.8, 4) is 0 Å². The van der Waals surface area contributed by atoms with Crippen LogP contribution in [0.4, 0.5) is 0 Å². The van der Waals surface area contributed by atoms with Gasteiger partial charge in [0.05, 0.1) is 0 Å². The molecule has 0 aromatic carbocycles. The highest BCUT2D eigenvalue weighted by atomic mass is 32.2. The van der Waals surface area contributed by atoms with Gasteiger partial charge in [-0.05, 0) is 41.6 Å². The van der Waals surface area contributed by atoms with Crippen molar-refractivity contribution in [3.63, 3.8) is 0 Å². The standard InChI is InChI=1S/C12H22S/c1-10(2)12(8-13-9-12)7-6-11-4-3-5-11/h10-11H,3-9H2,1-2H3. The molecule has 1 aliphatic carbocycles. The predicted octanol–water partition coefficient (Wildman–Crippen LogP) is 3.96. The van der Waals surface area contributed by atoms with E-state index in [1.807, 2.05) is 0 Å². The Hall–Kier alpha value is 0.350. The summed E-state index contributed by atoms with van der Waals surface area (Å²) in [7, 11) is 0. The smallest absolute Gasteiger partial charge is 0.0000232 e. The van der Waals surface area contributed by atoms with Gasteiger partial charge in [0, 0.05) is 0 Å². The minimum atomic E-state index is 0.750. The van der Waals surface area contributed by atoms with Gasteiger partial charge in [-0.25, -0.2) is 0 Å². The molecule has 2 fully saturated rings. The first-order valence-corrected chi connectivity index (χ1v) is 6.96. The molecule has 0 nitrogen and oxygen atoms in total. The molecule has 2 rings (SSSR count). The van der Waals surface area contributed by atoms with Crippen LogP contribution in [0.3, 0.4) is 0 Å². The lowest BCUT2D eigenvalue weighted by Gasteiger charge is -2.46. The van der Waals surface area contributed by atoms with E-state index in [-0.39, 0.29) is 0 Å². The molecule has 0 unspecified atom stereocenters. The average Bonchev–Trinajstić information content (AvgIpc) is 1.89. The Morgan fingerprint density at radius 3 is 2.31 bits per heavy atom. The zero-order valence-electron chi connectivity index (χ0n) is 9.01. The predicted molar refractivity (Wildman–Crippen MR) is 61.2 cm³/mol. The van der Waals surface area contributed by atoms with E-state index in [9.17, 15) is 0 Å². The van der Waals surface area contributed by atoms with Gasteiger partial charge in [0.1, 0.15) is 0 Å². The fourth-order valence-electron chi connectivity index (χ4n) is 2.40. The molecule has 0 aromatic rings. The van der Waals surface area contributed by atoms with Crippen LogP contribution in [0.2, 0.25) is 0 Å². The van der Waals surface area contributed by atoms with Gasteiger partial charge >= 0.3 is 0 Å². The van der Waals surface area contributed by atoms with E-state index < -0.39 is 0 Å². The van der Waals surface area contributed by atoms with Crippen LogP contribution < -0.4 is 0 Å². The van der Waals surface area contributed by atoms with Crippen molar-refractivity contribution in [2.45, 2.75) is 46.0 Å². The zero-order chi connectivity index (χ0) is 9.31. The fourth-order valence-corrected chi connectivity index (χ4v) is 4.09. The Morgan fingerprint density at radius 1 is 1.31 bits per heavy atom. The Labute approximate surface area is 86.9 Å². The van der Waals surface area contributed by atoms with Crippen molar-refractivity contribution < 1.29 is 0 Å². The first-order valence-electron chi connectivity index (χ1n) is 5.81. The summed E-state index contributed by atoms with van der Waals surface area (Å²) >= 11 is 2.15. The van der Waals surface area contributed by atoms with Crippen LogP contribution in [0.5, 0.6) is 0 Å². The molecule has 0 bridgehead atoms. The zero-order valence-corrected chi connectivity index (χ0v) is 9.83. The van der Waals surface area contributed by atoms with Gasteiger partial charge in [0.25, 0.3) is 0 Å². The van der Waals surface area contributed by atoms with Crippen LogP contribution >= 0.6 is 11.8 Å². The first-order chi connectivity index (χ1) is 6.23. The number of hydrogen-bond donors (Lipinski definition) is 0. The molecule has 0 amide bonds. The third-order valence-corrected chi connectivity index (χ3v) is 5.84. The van der Waals surface area contributed by atoms with Gasteiger partial charge < -0.3 is 0 Å². The quantitative estimate of drug-likeness (QED) is 0.659. The van der Waals surface area contributed by atoms with Gasteiger partial charge in [0.15, 0.2) is 0 Å². The van der Waals surface area contributed by atoms with E-state index in [1.165, 1.54) is 43.6 Å². The number of thioether (sulfide) groups is 1. The summed E-state index contributed by atoms with van der Waals surface area (Å²) in [4.78, 5) is 0. The monoisotopic (exact) mass is 198 g/mol.